The van der Waals surface area contributed by atoms with Crippen LogP contribution in [0.15, 0.2) is 24.5 Å². The van der Waals surface area contributed by atoms with Gasteiger partial charge < -0.3 is 4.74 Å². The second kappa shape index (κ2) is 4.91. The first kappa shape index (κ1) is 12.2. The van der Waals surface area contributed by atoms with Crippen LogP contribution in [0.25, 0.3) is 5.69 Å². The standard InChI is InChI=1S/C13H7N5O/c1-19-10-3-2-9(5-14)12(4-10)18-8-17-11(6-15)13(18)7-16/h2-4,8H,1H3. The van der Waals surface area contributed by atoms with Crippen LogP contribution in [0, 0.1) is 34.0 Å². The Kier molecular flexibility index (Phi) is 3.14. The van der Waals surface area contributed by atoms with E-state index in [2.05, 4.69) is 4.98 Å². The molecule has 0 saturated heterocycles. The molecule has 90 valence electrons. The van der Waals surface area contributed by atoms with Crippen LogP contribution in [0.2, 0.25) is 0 Å². The Morgan fingerprint density at radius 1 is 1.16 bits per heavy atom. The van der Waals surface area contributed by atoms with Crippen LogP contribution in [0.3, 0.4) is 0 Å². The molecule has 19 heavy (non-hydrogen) atoms. The molecule has 0 aliphatic heterocycles. The van der Waals surface area contributed by atoms with Gasteiger partial charge >= 0.3 is 0 Å². The Morgan fingerprint density at radius 3 is 2.53 bits per heavy atom. The van der Waals surface area contributed by atoms with E-state index in [1.54, 1.807) is 18.2 Å². The summed E-state index contributed by atoms with van der Waals surface area (Å²) >= 11 is 0. The molecular formula is C13H7N5O. The zero-order chi connectivity index (χ0) is 13.8. The fourth-order valence-electron chi connectivity index (χ4n) is 1.65. The molecule has 2 aromatic rings. The van der Waals surface area contributed by atoms with Crippen molar-refractivity contribution in [1.82, 2.24) is 9.55 Å². The molecule has 1 aromatic heterocycles. The predicted octanol–water partition coefficient (Wildman–Crippen LogP) is 1.50. The van der Waals surface area contributed by atoms with Crippen molar-refractivity contribution in [2.24, 2.45) is 0 Å². The zero-order valence-corrected chi connectivity index (χ0v) is 9.95. The highest BCUT2D eigenvalue weighted by atomic mass is 16.5. The van der Waals surface area contributed by atoms with Crippen LogP contribution in [0.5, 0.6) is 5.75 Å². The van der Waals surface area contributed by atoms with E-state index in [0.29, 0.717) is 17.0 Å². The van der Waals surface area contributed by atoms with Crippen LogP contribution in [0.1, 0.15) is 17.0 Å². The molecule has 6 nitrogen and oxygen atoms in total. The summed E-state index contributed by atoms with van der Waals surface area (Å²) in [6, 6.07) is 10.6. The molecule has 0 N–H and O–H groups in total. The van der Waals surface area contributed by atoms with Crippen molar-refractivity contribution >= 4 is 0 Å². The van der Waals surface area contributed by atoms with Crippen molar-refractivity contribution in [3.05, 3.63) is 41.5 Å². The monoisotopic (exact) mass is 249 g/mol. The van der Waals surface area contributed by atoms with E-state index in [9.17, 15) is 0 Å². The van der Waals surface area contributed by atoms with Crippen LogP contribution < -0.4 is 4.74 Å². The van der Waals surface area contributed by atoms with E-state index >= 15 is 0 Å². The fourth-order valence-corrected chi connectivity index (χ4v) is 1.65. The minimum absolute atomic E-state index is 0.0224. The summed E-state index contributed by atoms with van der Waals surface area (Å²) in [5, 5.41) is 27.1. The molecular weight excluding hydrogens is 242 g/mol. The third-order valence-corrected chi connectivity index (χ3v) is 2.56. The van der Waals surface area contributed by atoms with Crippen molar-refractivity contribution in [3.63, 3.8) is 0 Å². The number of benzene rings is 1. The van der Waals surface area contributed by atoms with Gasteiger partial charge in [0, 0.05) is 6.07 Å². The van der Waals surface area contributed by atoms with E-state index in [1.165, 1.54) is 18.0 Å². The number of hydrogen-bond donors (Lipinski definition) is 0. The Bertz CT molecular complexity index is 755. The average Bonchev–Trinajstić information content (AvgIpc) is 2.89. The lowest BCUT2D eigenvalue weighted by molar-refractivity contribution is 0.414. The summed E-state index contributed by atoms with van der Waals surface area (Å²) in [6.07, 6.45) is 1.34. The highest BCUT2D eigenvalue weighted by Gasteiger charge is 2.14. The molecule has 0 atom stereocenters. The molecule has 1 heterocycles. The molecule has 0 saturated carbocycles. The maximum Gasteiger partial charge on any atom is 0.177 e. The third kappa shape index (κ3) is 1.97. The normalized spacial score (nSPS) is 9.16. The van der Waals surface area contributed by atoms with Gasteiger partial charge in [-0.2, -0.15) is 15.8 Å². The lowest BCUT2D eigenvalue weighted by atomic mass is 10.1. The molecule has 1 aromatic carbocycles. The van der Waals surface area contributed by atoms with Gasteiger partial charge in [-0.05, 0) is 12.1 Å². The first-order valence-corrected chi connectivity index (χ1v) is 5.21. The van der Waals surface area contributed by atoms with Crippen molar-refractivity contribution in [2.45, 2.75) is 0 Å². The van der Waals surface area contributed by atoms with E-state index in [4.69, 9.17) is 20.5 Å². The lowest BCUT2D eigenvalue weighted by Gasteiger charge is -2.08. The van der Waals surface area contributed by atoms with Gasteiger partial charge in [0.15, 0.2) is 11.4 Å². The van der Waals surface area contributed by atoms with Gasteiger partial charge in [-0.1, -0.05) is 0 Å². The molecule has 0 aliphatic rings. The number of nitrogens with zero attached hydrogens (tertiary/aromatic N) is 5. The molecule has 0 spiro atoms. The predicted molar refractivity (Wildman–Crippen MR) is 64.3 cm³/mol. The minimum Gasteiger partial charge on any atom is -0.497 e. The SMILES string of the molecule is COc1ccc(C#N)c(-n2cnc(C#N)c2C#N)c1. The highest BCUT2D eigenvalue weighted by molar-refractivity contribution is 5.55. The van der Waals surface area contributed by atoms with Crippen molar-refractivity contribution < 1.29 is 4.74 Å². The van der Waals surface area contributed by atoms with Gasteiger partial charge in [-0.15, -0.1) is 0 Å². The smallest absolute Gasteiger partial charge is 0.177 e. The van der Waals surface area contributed by atoms with Crippen LogP contribution in [-0.4, -0.2) is 16.7 Å². The number of aromatic nitrogens is 2. The lowest BCUT2D eigenvalue weighted by Crippen LogP contribution is -2.00. The average molecular weight is 249 g/mol. The fraction of sp³-hybridized carbons (Fsp3) is 0.0769. The quantitative estimate of drug-likeness (QED) is 0.802. The number of methoxy groups -OCH3 is 1. The number of rotatable bonds is 2. The van der Waals surface area contributed by atoms with Gasteiger partial charge in [0.1, 0.15) is 30.3 Å². The summed E-state index contributed by atoms with van der Waals surface area (Å²) in [4.78, 5) is 3.84. The Hall–Kier alpha value is -3.30. The second-order valence-electron chi connectivity index (χ2n) is 3.53. The van der Waals surface area contributed by atoms with E-state index in [-0.39, 0.29) is 11.4 Å². The molecule has 6 heteroatoms. The third-order valence-electron chi connectivity index (χ3n) is 2.56. The first-order chi connectivity index (χ1) is 9.24. The summed E-state index contributed by atoms with van der Waals surface area (Å²) < 4.78 is 6.49. The summed E-state index contributed by atoms with van der Waals surface area (Å²) in [5.74, 6) is 0.546. The molecule has 0 radical (unpaired) electrons. The summed E-state index contributed by atoms with van der Waals surface area (Å²) in [7, 11) is 1.50. The Balaban J connectivity index is 2.73. The van der Waals surface area contributed by atoms with Gasteiger partial charge in [0.2, 0.25) is 0 Å². The zero-order valence-electron chi connectivity index (χ0n) is 9.95. The van der Waals surface area contributed by atoms with Crippen molar-refractivity contribution in [3.8, 4) is 29.6 Å². The Labute approximate surface area is 109 Å². The van der Waals surface area contributed by atoms with Crippen LogP contribution in [0.4, 0.5) is 0 Å². The maximum atomic E-state index is 9.10. The molecule has 0 amide bonds. The van der Waals surface area contributed by atoms with Gasteiger partial charge in [-0.25, -0.2) is 4.98 Å². The largest absolute Gasteiger partial charge is 0.497 e. The Morgan fingerprint density at radius 2 is 1.95 bits per heavy atom. The second-order valence-corrected chi connectivity index (χ2v) is 3.53. The van der Waals surface area contributed by atoms with Crippen molar-refractivity contribution in [2.75, 3.05) is 7.11 Å². The molecule has 0 fully saturated rings. The molecule has 0 bridgehead atoms. The van der Waals surface area contributed by atoms with Gasteiger partial charge in [-0.3, -0.25) is 4.57 Å². The minimum atomic E-state index is 0.0224. The van der Waals surface area contributed by atoms with Crippen LogP contribution in [-0.2, 0) is 0 Å². The van der Waals surface area contributed by atoms with E-state index < -0.39 is 0 Å². The number of imidazole rings is 1. The molecule has 0 unspecified atom stereocenters. The number of hydrogen-bond acceptors (Lipinski definition) is 5. The van der Waals surface area contributed by atoms with E-state index in [0.717, 1.165) is 0 Å². The molecule has 0 aliphatic carbocycles. The summed E-state index contributed by atoms with van der Waals surface area (Å²) in [5.41, 5.74) is 0.924. The summed E-state index contributed by atoms with van der Waals surface area (Å²) in [6.45, 7) is 0. The highest BCUT2D eigenvalue weighted by Crippen LogP contribution is 2.23. The number of nitriles is 3. The topological polar surface area (TPSA) is 98.4 Å². The molecule has 2 rings (SSSR count). The van der Waals surface area contributed by atoms with Crippen LogP contribution >= 0.6 is 0 Å². The van der Waals surface area contributed by atoms with Gasteiger partial charge in [0.25, 0.3) is 0 Å². The first-order valence-electron chi connectivity index (χ1n) is 5.21. The number of ether oxygens (including phenoxy) is 1. The van der Waals surface area contributed by atoms with E-state index in [1.807, 2.05) is 18.2 Å². The van der Waals surface area contributed by atoms with Gasteiger partial charge in [0.05, 0.1) is 18.4 Å². The maximum absolute atomic E-state index is 9.10. The van der Waals surface area contributed by atoms with Crippen molar-refractivity contribution in [1.29, 1.82) is 15.8 Å².